The standard InChI is InChI=1S/C10H11NO3/c1-3-4-14-9-5-7(2)11-6-8(9)10(12)13/h3,5-6H,1,4H2,2H3,(H,12,13). The third kappa shape index (κ3) is 2.32. The minimum absolute atomic E-state index is 0.0671. The van der Waals surface area contributed by atoms with Crippen molar-refractivity contribution in [1.82, 2.24) is 4.98 Å². The fraction of sp³-hybridized carbons (Fsp3) is 0.200. The van der Waals surface area contributed by atoms with E-state index in [1.54, 1.807) is 19.1 Å². The molecule has 0 atom stereocenters. The first-order chi connectivity index (χ1) is 6.65. The number of hydrogen-bond donors (Lipinski definition) is 1. The zero-order valence-corrected chi connectivity index (χ0v) is 7.86. The predicted molar refractivity (Wildman–Crippen MR) is 51.6 cm³/mol. The second kappa shape index (κ2) is 4.41. The van der Waals surface area contributed by atoms with Crippen molar-refractivity contribution in [2.75, 3.05) is 6.61 Å². The van der Waals surface area contributed by atoms with Crippen LogP contribution >= 0.6 is 0 Å². The lowest BCUT2D eigenvalue weighted by atomic mass is 10.2. The monoisotopic (exact) mass is 193 g/mol. The summed E-state index contributed by atoms with van der Waals surface area (Å²) in [5.41, 5.74) is 0.784. The van der Waals surface area contributed by atoms with Crippen molar-refractivity contribution in [2.24, 2.45) is 0 Å². The summed E-state index contributed by atoms with van der Waals surface area (Å²) in [6.07, 6.45) is 2.84. The highest BCUT2D eigenvalue weighted by Crippen LogP contribution is 2.18. The number of carbonyl (C=O) groups is 1. The molecule has 0 aromatic carbocycles. The quantitative estimate of drug-likeness (QED) is 0.738. The van der Waals surface area contributed by atoms with Crippen molar-refractivity contribution in [2.45, 2.75) is 6.92 Å². The van der Waals surface area contributed by atoms with Crippen LogP contribution in [0.4, 0.5) is 0 Å². The van der Waals surface area contributed by atoms with Gasteiger partial charge in [-0.1, -0.05) is 12.7 Å². The predicted octanol–water partition coefficient (Wildman–Crippen LogP) is 1.65. The van der Waals surface area contributed by atoms with Crippen LogP contribution in [0.25, 0.3) is 0 Å². The van der Waals surface area contributed by atoms with Crippen molar-refractivity contribution in [3.63, 3.8) is 0 Å². The first kappa shape index (κ1) is 10.2. The third-order valence-corrected chi connectivity index (χ3v) is 1.59. The number of nitrogens with zero attached hydrogens (tertiary/aromatic N) is 1. The second-order valence-corrected chi connectivity index (χ2v) is 2.73. The summed E-state index contributed by atoms with van der Waals surface area (Å²) in [4.78, 5) is 14.6. The van der Waals surface area contributed by atoms with Gasteiger partial charge >= 0.3 is 5.97 Å². The van der Waals surface area contributed by atoms with Crippen LogP contribution < -0.4 is 4.74 Å². The van der Waals surface area contributed by atoms with Crippen molar-refractivity contribution >= 4 is 5.97 Å². The average Bonchev–Trinajstić information content (AvgIpc) is 2.14. The molecule has 4 nitrogen and oxygen atoms in total. The number of carboxylic acids is 1. The van der Waals surface area contributed by atoms with Crippen LogP contribution in [0.2, 0.25) is 0 Å². The van der Waals surface area contributed by atoms with Crippen molar-refractivity contribution in [3.05, 3.63) is 36.2 Å². The molecule has 0 aliphatic heterocycles. The van der Waals surface area contributed by atoms with E-state index < -0.39 is 5.97 Å². The van der Waals surface area contributed by atoms with Gasteiger partial charge in [0.05, 0.1) is 0 Å². The van der Waals surface area contributed by atoms with Gasteiger partial charge in [0.15, 0.2) is 0 Å². The highest BCUT2D eigenvalue weighted by Gasteiger charge is 2.11. The molecule has 0 spiro atoms. The summed E-state index contributed by atoms with van der Waals surface area (Å²) in [7, 11) is 0. The molecule has 4 heteroatoms. The zero-order valence-electron chi connectivity index (χ0n) is 7.86. The maximum absolute atomic E-state index is 10.8. The van der Waals surface area contributed by atoms with Crippen LogP contribution in [-0.2, 0) is 0 Å². The number of carboxylic acid groups (broad SMARTS) is 1. The number of aryl methyl sites for hydroxylation is 1. The summed E-state index contributed by atoms with van der Waals surface area (Å²) in [6, 6.07) is 1.59. The summed E-state index contributed by atoms with van der Waals surface area (Å²) in [5.74, 6) is -0.721. The van der Waals surface area contributed by atoms with E-state index >= 15 is 0 Å². The Labute approximate surface area is 81.9 Å². The van der Waals surface area contributed by atoms with E-state index in [9.17, 15) is 4.79 Å². The van der Waals surface area contributed by atoms with Crippen LogP contribution in [0.3, 0.4) is 0 Å². The van der Waals surface area contributed by atoms with Gasteiger partial charge in [0.1, 0.15) is 17.9 Å². The lowest BCUT2D eigenvalue weighted by Gasteiger charge is -2.06. The SMILES string of the molecule is C=CCOc1cc(C)ncc1C(=O)O. The number of aromatic nitrogens is 1. The molecule has 0 saturated heterocycles. The molecule has 74 valence electrons. The number of pyridine rings is 1. The number of hydrogen-bond acceptors (Lipinski definition) is 3. The molecule has 0 aliphatic rings. The Morgan fingerprint density at radius 2 is 2.50 bits per heavy atom. The van der Waals surface area contributed by atoms with E-state index in [1.807, 2.05) is 0 Å². The minimum atomic E-state index is -1.04. The zero-order chi connectivity index (χ0) is 10.6. The van der Waals surface area contributed by atoms with Gasteiger partial charge in [-0.3, -0.25) is 4.98 Å². The average molecular weight is 193 g/mol. The Kier molecular flexibility index (Phi) is 3.23. The molecule has 0 aliphatic carbocycles. The van der Waals surface area contributed by atoms with E-state index in [1.165, 1.54) is 6.20 Å². The van der Waals surface area contributed by atoms with Crippen LogP contribution in [0.1, 0.15) is 16.1 Å². The Morgan fingerprint density at radius 1 is 1.79 bits per heavy atom. The van der Waals surface area contributed by atoms with Crippen molar-refractivity contribution < 1.29 is 14.6 Å². The Bertz CT molecular complexity index is 360. The second-order valence-electron chi connectivity index (χ2n) is 2.73. The highest BCUT2D eigenvalue weighted by molar-refractivity contribution is 5.90. The molecule has 0 radical (unpaired) electrons. The molecule has 1 aromatic rings. The summed E-state index contributed by atoms with van der Waals surface area (Å²) < 4.78 is 5.19. The highest BCUT2D eigenvalue weighted by atomic mass is 16.5. The smallest absolute Gasteiger partial charge is 0.341 e. The fourth-order valence-electron chi connectivity index (χ4n) is 0.963. The fourth-order valence-corrected chi connectivity index (χ4v) is 0.963. The van der Waals surface area contributed by atoms with Crippen LogP contribution in [0.5, 0.6) is 5.75 Å². The minimum Gasteiger partial charge on any atom is -0.489 e. The maximum atomic E-state index is 10.8. The molecule has 1 heterocycles. The number of rotatable bonds is 4. The molecule has 14 heavy (non-hydrogen) atoms. The van der Waals surface area contributed by atoms with Crippen molar-refractivity contribution in [3.8, 4) is 5.75 Å². The molecule has 0 bridgehead atoms. The summed E-state index contributed by atoms with van der Waals surface area (Å²) in [5, 5.41) is 8.81. The summed E-state index contributed by atoms with van der Waals surface area (Å²) >= 11 is 0. The molecule has 0 saturated carbocycles. The molecule has 1 N–H and O–H groups in total. The van der Waals surface area contributed by atoms with Crippen molar-refractivity contribution in [1.29, 1.82) is 0 Å². The van der Waals surface area contributed by atoms with Gasteiger partial charge in [-0.2, -0.15) is 0 Å². The van der Waals surface area contributed by atoms with E-state index in [4.69, 9.17) is 9.84 Å². The van der Waals surface area contributed by atoms with Crippen LogP contribution in [0.15, 0.2) is 24.9 Å². The molecular weight excluding hydrogens is 182 g/mol. The maximum Gasteiger partial charge on any atom is 0.341 e. The van der Waals surface area contributed by atoms with Gasteiger partial charge in [-0.25, -0.2) is 4.79 Å². The first-order valence-corrected chi connectivity index (χ1v) is 4.08. The summed E-state index contributed by atoms with van der Waals surface area (Å²) in [6.45, 7) is 5.54. The lowest BCUT2D eigenvalue weighted by Crippen LogP contribution is -2.04. The van der Waals surface area contributed by atoms with Gasteiger partial charge in [-0.05, 0) is 6.92 Å². The largest absolute Gasteiger partial charge is 0.489 e. The van der Waals surface area contributed by atoms with Crippen LogP contribution in [0, 0.1) is 6.92 Å². The van der Waals surface area contributed by atoms with E-state index in [2.05, 4.69) is 11.6 Å². The van der Waals surface area contributed by atoms with Gasteiger partial charge in [-0.15, -0.1) is 0 Å². The molecular formula is C10H11NO3. The molecule has 0 amide bonds. The number of ether oxygens (including phenoxy) is 1. The van der Waals surface area contributed by atoms with Crippen LogP contribution in [-0.4, -0.2) is 22.7 Å². The number of aromatic carboxylic acids is 1. The first-order valence-electron chi connectivity index (χ1n) is 4.08. The normalized spacial score (nSPS) is 9.50. The van der Waals surface area contributed by atoms with Gasteiger partial charge in [0.2, 0.25) is 0 Å². The molecule has 0 fully saturated rings. The topological polar surface area (TPSA) is 59.4 Å². The van der Waals surface area contributed by atoms with Gasteiger partial charge < -0.3 is 9.84 Å². The van der Waals surface area contributed by atoms with E-state index in [-0.39, 0.29) is 12.2 Å². The Balaban J connectivity index is 3.02. The van der Waals surface area contributed by atoms with Gasteiger partial charge in [0, 0.05) is 18.0 Å². The molecule has 1 rings (SSSR count). The van der Waals surface area contributed by atoms with Gasteiger partial charge in [0.25, 0.3) is 0 Å². The molecule has 1 aromatic heterocycles. The molecule has 0 unspecified atom stereocenters. The van der Waals surface area contributed by atoms with E-state index in [0.717, 1.165) is 0 Å². The lowest BCUT2D eigenvalue weighted by molar-refractivity contribution is 0.0692. The van der Waals surface area contributed by atoms with E-state index in [0.29, 0.717) is 11.4 Å². The Morgan fingerprint density at radius 3 is 3.07 bits per heavy atom. The Hall–Kier alpha value is -1.84. The third-order valence-electron chi connectivity index (χ3n) is 1.59.